The normalized spacial score (nSPS) is 10.9. The molecule has 168 valence electrons. The summed E-state index contributed by atoms with van der Waals surface area (Å²) in [7, 11) is 0.227. The molecule has 0 spiro atoms. The predicted octanol–water partition coefficient (Wildman–Crippen LogP) is 3.90. The molecule has 3 aromatic rings. The van der Waals surface area contributed by atoms with Crippen molar-refractivity contribution in [1.82, 2.24) is 0 Å². The van der Waals surface area contributed by atoms with Gasteiger partial charge in [-0.1, -0.05) is 12.1 Å². The summed E-state index contributed by atoms with van der Waals surface area (Å²) in [6.45, 7) is 0. The van der Waals surface area contributed by atoms with Crippen LogP contribution in [0.4, 0.5) is 15.8 Å². The molecule has 0 saturated heterocycles. The zero-order valence-electron chi connectivity index (χ0n) is 17.5. The lowest BCUT2D eigenvalue weighted by molar-refractivity contribution is 0.102. The van der Waals surface area contributed by atoms with Gasteiger partial charge in [-0.25, -0.2) is 12.8 Å². The molecule has 10 heteroatoms. The number of halogens is 1. The molecule has 0 aromatic heterocycles. The zero-order valence-corrected chi connectivity index (χ0v) is 18.3. The molecule has 0 fully saturated rings. The van der Waals surface area contributed by atoms with Gasteiger partial charge < -0.3 is 19.5 Å². The van der Waals surface area contributed by atoms with Crippen LogP contribution in [0.5, 0.6) is 17.2 Å². The molecule has 32 heavy (non-hydrogen) atoms. The number of methoxy groups -OCH3 is 3. The van der Waals surface area contributed by atoms with Crippen LogP contribution in [0.1, 0.15) is 10.4 Å². The molecule has 0 aliphatic rings. The van der Waals surface area contributed by atoms with E-state index >= 15 is 0 Å². The van der Waals surface area contributed by atoms with Crippen molar-refractivity contribution >= 4 is 27.3 Å². The molecule has 0 heterocycles. The number of amides is 1. The van der Waals surface area contributed by atoms with Crippen LogP contribution >= 0.6 is 0 Å². The highest BCUT2D eigenvalue weighted by atomic mass is 32.2. The minimum Gasteiger partial charge on any atom is -0.495 e. The van der Waals surface area contributed by atoms with Gasteiger partial charge in [-0.2, -0.15) is 0 Å². The SMILES string of the molecule is COc1ccc(S(=O)(=O)Nc2ccc(OC)c(OC)c2)cc1NC(=O)c1ccccc1F. The molecule has 0 saturated carbocycles. The molecule has 0 radical (unpaired) electrons. The number of hydrogen-bond acceptors (Lipinski definition) is 6. The molecule has 3 rings (SSSR count). The third-order valence-electron chi connectivity index (χ3n) is 4.48. The van der Waals surface area contributed by atoms with Crippen molar-refractivity contribution in [3.63, 3.8) is 0 Å². The zero-order chi connectivity index (χ0) is 23.3. The van der Waals surface area contributed by atoms with E-state index in [1.54, 1.807) is 6.07 Å². The third kappa shape index (κ3) is 4.92. The Morgan fingerprint density at radius 1 is 0.844 bits per heavy atom. The Morgan fingerprint density at radius 3 is 2.16 bits per heavy atom. The van der Waals surface area contributed by atoms with E-state index in [1.165, 1.54) is 69.9 Å². The molecule has 1 amide bonds. The summed E-state index contributed by atoms with van der Waals surface area (Å²) in [6, 6.07) is 13.9. The third-order valence-corrected chi connectivity index (χ3v) is 5.86. The van der Waals surface area contributed by atoms with Gasteiger partial charge in [0.2, 0.25) is 0 Å². The highest BCUT2D eigenvalue weighted by Gasteiger charge is 2.20. The summed E-state index contributed by atoms with van der Waals surface area (Å²) in [5.41, 5.74) is 0.123. The Bertz CT molecular complexity index is 1250. The molecular formula is C22H21FN2O6S. The first-order chi connectivity index (χ1) is 15.3. The maximum atomic E-state index is 13.9. The van der Waals surface area contributed by atoms with Crippen molar-refractivity contribution in [2.45, 2.75) is 4.90 Å². The van der Waals surface area contributed by atoms with E-state index in [0.29, 0.717) is 11.5 Å². The Morgan fingerprint density at radius 2 is 1.50 bits per heavy atom. The van der Waals surface area contributed by atoms with Crippen molar-refractivity contribution < 1.29 is 31.8 Å². The van der Waals surface area contributed by atoms with Gasteiger partial charge in [-0.3, -0.25) is 9.52 Å². The second kappa shape index (κ2) is 9.56. The number of nitrogens with one attached hydrogen (secondary N) is 2. The lowest BCUT2D eigenvalue weighted by atomic mass is 10.2. The van der Waals surface area contributed by atoms with Crippen molar-refractivity contribution in [3.8, 4) is 17.2 Å². The van der Waals surface area contributed by atoms with Crippen LogP contribution in [0.15, 0.2) is 65.6 Å². The highest BCUT2D eigenvalue weighted by molar-refractivity contribution is 7.92. The molecule has 0 atom stereocenters. The maximum Gasteiger partial charge on any atom is 0.261 e. The van der Waals surface area contributed by atoms with Gasteiger partial charge in [-0.05, 0) is 42.5 Å². The van der Waals surface area contributed by atoms with E-state index in [-0.39, 0.29) is 27.6 Å². The average Bonchev–Trinajstić information content (AvgIpc) is 2.78. The first kappa shape index (κ1) is 22.9. The van der Waals surface area contributed by atoms with Crippen molar-refractivity contribution in [2.24, 2.45) is 0 Å². The molecule has 0 unspecified atom stereocenters. The number of carbonyl (C=O) groups excluding carboxylic acids is 1. The quantitative estimate of drug-likeness (QED) is 0.529. The molecule has 3 aromatic carbocycles. The van der Waals surface area contributed by atoms with Crippen LogP contribution in [0.25, 0.3) is 0 Å². The lowest BCUT2D eigenvalue weighted by Gasteiger charge is -2.14. The lowest BCUT2D eigenvalue weighted by Crippen LogP contribution is -2.16. The van der Waals surface area contributed by atoms with Gasteiger partial charge in [0.05, 0.1) is 43.2 Å². The smallest absolute Gasteiger partial charge is 0.261 e. The number of hydrogen-bond donors (Lipinski definition) is 2. The summed E-state index contributed by atoms with van der Waals surface area (Å²) in [5, 5.41) is 2.50. The van der Waals surface area contributed by atoms with Gasteiger partial charge in [0.25, 0.3) is 15.9 Å². The first-order valence-electron chi connectivity index (χ1n) is 9.28. The summed E-state index contributed by atoms with van der Waals surface area (Å²) in [5.74, 6) is -0.454. The van der Waals surface area contributed by atoms with Gasteiger partial charge in [0.15, 0.2) is 11.5 Å². The van der Waals surface area contributed by atoms with E-state index in [1.807, 2.05) is 0 Å². The topological polar surface area (TPSA) is 103 Å². The van der Waals surface area contributed by atoms with E-state index in [0.717, 1.165) is 6.07 Å². The minimum absolute atomic E-state index is 0.0657. The fraction of sp³-hybridized carbons (Fsp3) is 0.136. The van der Waals surface area contributed by atoms with Crippen molar-refractivity contribution in [2.75, 3.05) is 31.4 Å². The minimum atomic E-state index is -4.04. The summed E-state index contributed by atoms with van der Waals surface area (Å²) in [4.78, 5) is 12.3. The average molecular weight is 460 g/mol. The van der Waals surface area contributed by atoms with Gasteiger partial charge in [0.1, 0.15) is 11.6 Å². The van der Waals surface area contributed by atoms with Crippen LogP contribution in [0, 0.1) is 5.82 Å². The first-order valence-corrected chi connectivity index (χ1v) is 10.8. The summed E-state index contributed by atoms with van der Waals surface area (Å²) < 4.78 is 57.8. The number of ether oxygens (including phenoxy) is 3. The summed E-state index contributed by atoms with van der Waals surface area (Å²) in [6.07, 6.45) is 0. The Hall–Kier alpha value is -3.79. The molecule has 0 aliphatic heterocycles. The Labute approximate surface area is 185 Å². The maximum absolute atomic E-state index is 13.9. The van der Waals surface area contributed by atoms with Crippen LogP contribution in [-0.2, 0) is 10.0 Å². The van der Waals surface area contributed by atoms with Gasteiger partial charge >= 0.3 is 0 Å². The Kier molecular flexibility index (Phi) is 6.84. The van der Waals surface area contributed by atoms with Gasteiger partial charge in [-0.15, -0.1) is 0 Å². The number of anilines is 2. The van der Waals surface area contributed by atoms with Crippen LogP contribution in [-0.4, -0.2) is 35.7 Å². The molecule has 0 aliphatic carbocycles. The van der Waals surface area contributed by atoms with Crippen LogP contribution < -0.4 is 24.2 Å². The second-order valence-electron chi connectivity index (χ2n) is 6.47. The van der Waals surface area contributed by atoms with Crippen molar-refractivity contribution in [1.29, 1.82) is 0 Å². The van der Waals surface area contributed by atoms with Crippen molar-refractivity contribution in [3.05, 3.63) is 72.0 Å². The predicted molar refractivity (Wildman–Crippen MR) is 118 cm³/mol. The summed E-state index contributed by atoms with van der Waals surface area (Å²) >= 11 is 0. The van der Waals surface area contributed by atoms with Crippen LogP contribution in [0.3, 0.4) is 0 Å². The largest absolute Gasteiger partial charge is 0.495 e. The molecule has 8 nitrogen and oxygen atoms in total. The van der Waals surface area contributed by atoms with Crippen LogP contribution in [0.2, 0.25) is 0 Å². The Balaban J connectivity index is 1.91. The van der Waals surface area contributed by atoms with Gasteiger partial charge in [0, 0.05) is 6.07 Å². The number of carbonyl (C=O) groups is 1. The highest BCUT2D eigenvalue weighted by Crippen LogP contribution is 2.32. The van der Waals surface area contributed by atoms with E-state index in [2.05, 4.69) is 10.0 Å². The molecule has 2 N–H and O–H groups in total. The van der Waals surface area contributed by atoms with E-state index < -0.39 is 21.7 Å². The standard InChI is InChI=1S/C22H21FN2O6S/c1-29-19-11-9-15(13-18(19)24-22(26)16-6-4-5-7-17(16)23)32(27,28)25-14-8-10-20(30-2)21(12-14)31-3/h4-13,25H,1-3H3,(H,24,26). The molecular weight excluding hydrogens is 439 g/mol. The fourth-order valence-electron chi connectivity index (χ4n) is 2.90. The number of sulfonamides is 1. The number of benzene rings is 3. The number of rotatable bonds is 8. The van der Waals surface area contributed by atoms with E-state index in [9.17, 15) is 17.6 Å². The second-order valence-corrected chi connectivity index (χ2v) is 8.15. The molecule has 0 bridgehead atoms. The van der Waals surface area contributed by atoms with E-state index in [4.69, 9.17) is 14.2 Å². The monoisotopic (exact) mass is 460 g/mol. The fourth-order valence-corrected chi connectivity index (χ4v) is 3.98.